The van der Waals surface area contributed by atoms with Crippen molar-refractivity contribution in [1.82, 2.24) is 0 Å². The van der Waals surface area contributed by atoms with Crippen LogP contribution in [0.1, 0.15) is 5.56 Å². The molecule has 80 valence electrons. The highest BCUT2D eigenvalue weighted by atomic mass is 79.9. The number of carbonyl (C=O) groups is 1. The van der Waals surface area contributed by atoms with Crippen LogP contribution in [0.4, 0.5) is 0 Å². The molecular weight excluding hydrogens is 260 g/mol. The summed E-state index contributed by atoms with van der Waals surface area (Å²) in [4.78, 5) is 10.7. The smallest absolute Gasteiger partial charge is 0.332 e. The molecule has 1 aromatic carbocycles. The molecule has 0 saturated heterocycles. The fourth-order valence-electron chi connectivity index (χ4n) is 1.06. The van der Waals surface area contributed by atoms with Crippen molar-refractivity contribution < 1.29 is 14.6 Å². The van der Waals surface area contributed by atoms with Crippen LogP contribution in [0.2, 0.25) is 0 Å². The molecule has 1 rings (SSSR count). The van der Waals surface area contributed by atoms with E-state index in [1.54, 1.807) is 25.3 Å². The van der Waals surface area contributed by atoms with Crippen molar-refractivity contribution in [1.29, 1.82) is 0 Å². The summed E-state index contributed by atoms with van der Waals surface area (Å²) in [6.07, 6.45) is 1.62. The number of halogens is 1. The average Bonchev–Trinajstić information content (AvgIpc) is 2.26. The van der Waals surface area contributed by atoms with E-state index in [0.29, 0.717) is 10.9 Å². The molecule has 0 spiro atoms. The molecule has 4 heteroatoms. The molecule has 1 N–H and O–H groups in total. The van der Waals surface area contributed by atoms with Crippen LogP contribution in [0.5, 0.6) is 5.75 Å². The van der Waals surface area contributed by atoms with Crippen LogP contribution in [-0.4, -0.2) is 23.5 Å². The highest BCUT2D eigenvalue weighted by Crippen LogP contribution is 2.14. The standard InChI is InChI=1S/C11H11BrO3/c1-15-10-4-2-8(3-5-10)6-9(7-12)11(13)14/h2-6H,7H2,1H3,(H,13,14). The molecule has 0 aliphatic heterocycles. The van der Waals surface area contributed by atoms with Crippen LogP contribution in [-0.2, 0) is 4.79 Å². The van der Waals surface area contributed by atoms with Crippen molar-refractivity contribution in [2.75, 3.05) is 12.4 Å². The first kappa shape index (κ1) is 11.8. The number of alkyl halides is 1. The van der Waals surface area contributed by atoms with Gasteiger partial charge in [0, 0.05) is 10.9 Å². The normalized spacial score (nSPS) is 11.2. The zero-order chi connectivity index (χ0) is 11.3. The summed E-state index contributed by atoms with van der Waals surface area (Å²) in [7, 11) is 1.59. The lowest BCUT2D eigenvalue weighted by Crippen LogP contribution is -2.00. The van der Waals surface area contributed by atoms with Gasteiger partial charge in [0.15, 0.2) is 0 Å². The van der Waals surface area contributed by atoms with Gasteiger partial charge in [-0.3, -0.25) is 0 Å². The van der Waals surface area contributed by atoms with Gasteiger partial charge in [-0.1, -0.05) is 28.1 Å². The first-order valence-electron chi connectivity index (χ1n) is 4.31. The second kappa shape index (κ2) is 5.56. The molecule has 0 aliphatic carbocycles. The van der Waals surface area contributed by atoms with E-state index in [1.165, 1.54) is 0 Å². The molecule has 15 heavy (non-hydrogen) atoms. The van der Waals surface area contributed by atoms with Crippen molar-refractivity contribution in [2.24, 2.45) is 0 Å². The van der Waals surface area contributed by atoms with E-state index in [2.05, 4.69) is 15.9 Å². The number of carboxylic acids is 1. The maximum Gasteiger partial charge on any atom is 0.332 e. The van der Waals surface area contributed by atoms with Gasteiger partial charge in [0.05, 0.1) is 7.11 Å². The summed E-state index contributed by atoms with van der Waals surface area (Å²) in [6.45, 7) is 0. The average molecular weight is 271 g/mol. The van der Waals surface area contributed by atoms with Gasteiger partial charge in [-0.15, -0.1) is 0 Å². The molecule has 1 aromatic rings. The molecule has 0 atom stereocenters. The maximum absolute atomic E-state index is 10.7. The van der Waals surface area contributed by atoms with Crippen LogP contribution in [0.25, 0.3) is 6.08 Å². The first-order valence-corrected chi connectivity index (χ1v) is 5.43. The third-order valence-corrected chi connectivity index (χ3v) is 2.48. The third kappa shape index (κ3) is 3.40. The van der Waals surface area contributed by atoms with Crippen LogP contribution in [0, 0.1) is 0 Å². The number of carboxylic acid groups (broad SMARTS) is 1. The van der Waals surface area contributed by atoms with Gasteiger partial charge >= 0.3 is 5.97 Å². The van der Waals surface area contributed by atoms with E-state index in [9.17, 15) is 4.79 Å². The number of hydrogen-bond acceptors (Lipinski definition) is 2. The predicted octanol–water partition coefficient (Wildman–Crippen LogP) is 2.56. The van der Waals surface area contributed by atoms with Crippen LogP contribution in [0.3, 0.4) is 0 Å². The first-order chi connectivity index (χ1) is 7.17. The number of rotatable bonds is 4. The van der Waals surface area contributed by atoms with Crippen molar-refractivity contribution in [3.8, 4) is 5.75 Å². The molecule has 0 aliphatic rings. The lowest BCUT2D eigenvalue weighted by molar-refractivity contribution is -0.132. The molecule has 0 amide bonds. The molecule has 0 saturated carbocycles. The Balaban J connectivity index is 2.92. The number of hydrogen-bond donors (Lipinski definition) is 1. The van der Waals surface area contributed by atoms with Crippen LogP contribution >= 0.6 is 15.9 Å². The fraction of sp³-hybridized carbons (Fsp3) is 0.182. The summed E-state index contributed by atoms with van der Waals surface area (Å²) >= 11 is 3.13. The van der Waals surface area contributed by atoms with Gasteiger partial charge < -0.3 is 9.84 Å². The second-order valence-corrected chi connectivity index (χ2v) is 3.44. The minimum absolute atomic E-state index is 0.320. The quantitative estimate of drug-likeness (QED) is 0.676. The second-order valence-electron chi connectivity index (χ2n) is 2.88. The SMILES string of the molecule is COc1ccc(C=C(CBr)C(=O)O)cc1. The maximum atomic E-state index is 10.7. The van der Waals surface area contributed by atoms with Gasteiger partial charge in [-0.25, -0.2) is 4.79 Å². The highest BCUT2D eigenvalue weighted by Gasteiger charge is 2.04. The molecule has 0 aromatic heterocycles. The van der Waals surface area contributed by atoms with E-state index in [0.717, 1.165) is 11.3 Å². The Morgan fingerprint density at radius 1 is 1.47 bits per heavy atom. The van der Waals surface area contributed by atoms with E-state index in [-0.39, 0.29) is 0 Å². The Kier molecular flexibility index (Phi) is 4.37. The van der Waals surface area contributed by atoms with Crippen molar-refractivity contribution in [3.63, 3.8) is 0 Å². The summed E-state index contributed by atoms with van der Waals surface area (Å²) in [5.41, 5.74) is 1.16. The summed E-state index contributed by atoms with van der Waals surface area (Å²) in [6, 6.07) is 7.20. The topological polar surface area (TPSA) is 46.5 Å². The number of aliphatic carboxylic acids is 1. The monoisotopic (exact) mass is 270 g/mol. The third-order valence-electron chi connectivity index (χ3n) is 1.88. The zero-order valence-corrected chi connectivity index (χ0v) is 9.82. The number of ether oxygens (including phenoxy) is 1. The predicted molar refractivity (Wildman–Crippen MR) is 62.4 cm³/mol. The van der Waals surface area contributed by atoms with E-state index >= 15 is 0 Å². The lowest BCUT2D eigenvalue weighted by Gasteiger charge is -2.00. The molecule has 0 heterocycles. The summed E-state index contributed by atoms with van der Waals surface area (Å²) in [5, 5.41) is 9.14. The lowest BCUT2D eigenvalue weighted by atomic mass is 10.1. The summed E-state index contributed by atoms with van der Waals surface area (Å²) < 4.78 is 5.00. The Labute approximate surface area is 96.5 Å². The van der Waals surface area contributed by atoms with Gasteiger partial charge in [0.2, 0.25) is 0 Å². The fourth-order valence-corrected chi connectivity index (χ4v) is 1.46. The zero-order valence-electron chi connectivity index (χ0n) is 8.24. The highest BCUT2D eigenvalue weighted by molar-refractivity contribution is 9.09. The van der Waals surface area contributed by atoms with E-state index in [1.807, 2.05) is 12.1 Å². The molecule has 3 nitrogen and oxygen atoms in total. The van der Waals surface area contributed by atoms with Crippen LogP contribution in [0.15, 0.2) is 29.8 Å². The Bertz CT molecular complexity index is 368. The van der Waals surface area contributed by atoms with E-state index in [4.69, 9.17) is 9.84 Å². The number of methoxy groups -OCH3 is 1. The van der Waals surface area contributed by atoms with Crippen molar-refractivity contribution in [2.45, 2.75) is 0 Å². The largest absolute Gasteiger partial charge is 0.497 e. The van der Waals surface area contributed by atoms with Crippen molar-refractivity contribution in [3.05, 3.63) is 35.4 Å². The van der Waals surface area contributed by atoms with Crippen LogP contribution < -0.4 is 4.74 Å². The number of benzene rings is 1. The molecule has 0 bridgehead atoms. The summed E-state index contributed by atoms with van der Waals surface area (Å²) in [5.74, 6) is -0.162. The van der Waals surface area contributed by atoms with Crippen molar-refractivity contribution >= 4 is 28.0 Å². The minimum atomic E-state index is -0.914. The van der Waals surface area contributed by atoms with Gasteiger partial charge in [-0.2, -0.15) is 0 Å². The molecule has 0 radical (unpaired) electrons. The van der Waals surface area contributed by atoms with E-state index < -0.39 is 5.97 Å². The van der Waals surface area contributed by atoms with Gasteiger partial charge in [0.1, 0.15) is 5.75 Å². The van der Waals surface area contributed by atoms with Gasteiger partial charge in [0.25, 0.3) is 0 Å². The van der Waals surface area contributed by atoms with Gasteiger partial charge in [-0.05, 0) is 23.8 Å². The Hall–Kier alpha value is -1.29. The Morgan fingerprint density at radius 2 is 2.07 bits per heavy atom. The molecule has 0 unspecified atom stereocenters. The molecule has 0 fully saturated rings. The minimum Gasteiger partial charge on any atom is -0.497 e. The Morgan fingerprint density at radius 3 is 2.47 bits per heavy atom. The molecular formula is C11H11BrO3.